The second-order valence-electron chi connectivity index (χ2n) is 7.17. The van der Waals surface area contributed by atoms with Crippen molar-refractivity contribution >= 4 is 22.8 Å². The van der Waals surface area contributed by atoms with Gasteiger partial charge in [0.1, 0.15) is 0 Å². The van der Waals surface area contributed by atoms with Crippen LogP contribution in [0.15, 0.2) is 70.5 Å². The highest BCUT2D eigenvalue weighted by Gasteiger charge is 2.16. The lowest BCUT2D eigenvalue weighted by atomic mass is 9.99. The third-order valence-electron chi connectivity index (χ3n) is 5.23. The van der Waals surface area contributed by atoms with E-state index in [0.717, 1.165) is 15.7 Å². The zero-order valence-corrected chi connectivity index (χ0v) is 17.5. The Kier molecular flexibility index (Phi) is 5.57. The number of fused-ring (bicyclic) bond motifs is 1. The van der Waals surface area contributed by atoms with E-state index in [0.29, 0.717) is 29.3 Å². The lowest BCUT2D eigenvalue weighted by molar-refractivity contribution is 0.555. The van der Waals surface area contributed by atoms with Crippen molar-refractivity contribution in [3.63, 3.8) is 0 Å². The summed E-state index contributed by atoms with van der Waals surface area (Å²) in [6.45, 7) is 1.11. The lowest BCUT2D eigenvalue weighted by Gasteiger charge is -2.20. The summed E-state index contributed by atoms with van der Waals surface area (Å²) in [5.41, 5.74) is 2.25. The first kappa shape index (κ1) is 20.1. The molecule has 2 aromatic carbocycles. The summed E-state index contributed by atoms with van der Waals surface area (Å²) in [5, 5.41) is 4.24. The molecule has 30 heavy (non-hydrogen) atoms. The summed E-state index contributed by atoms with van der Waals surface area (Å²) < 4.78 is 4.27. The molecule has 2 aromatic heterocycles. The van der Waals surface area contributed by atoms with Gasteiger partial charge in [0.25, 0.3) is 5.56 Å². The van der Waals surface area contributed by atoms with Gasteiger partial charge in [0.2, 0.25) is 0 Å². The molecule has 0 radical (unpaired) electrons. The number of hydrogen-bond donors (Lipinski definition) is 1. The van der Waals surface area contributed by atoms with Crippen LogP contribution in [0, 0.1) is 0 Å². The number of nitrogens with zero attached hydrogens (tertiary/aromatic N) is 4. The zero-order chi connectivity index (χ0) is 21.3. The van der Waals surface area contributed by atoms with Crippen molar-refractivity contribution < 1.29 is 0 Å². The van der Waals surface area contributed by atoms with Crippen LogP contribution in [0.5, 0.6) is 0 Å². The number of halogens is 1. The molecule has 0 amide bonds. The first-order valence-electron chi connectivity index (χ1n) is 9.62. The normalized spacial score (nSPS) is 12.4. The molecule has 4 aromatic rings. The van der Waals surface area contributed by atoms with E-state index in [1.165, 1.54) is 11.6 Å². The average Bonchev–Trinajstić information content (AvgIpc) is 3.18. The average molecular weight is 424 g/mol. The van der Waals surface area contributed by atoms with Gasteiger partial charge >= 0.3 is 5.69 Å². The SMILES string of the molecule is Cn1c(=O)c2c(ncn2CCNC(c2ccccc2)c2cccc(Cl)c2)n(C)c1=O. The molecule has 1 unspecified atom stereocenters. The minimum Gasteiger partial charge on any atom is -0.323 e. The highest BCUT2D eigenvalue weighted by Crippen LogP contribution is 2.24. The molecule has 8 heteroatoms. The van der Waals surface area contributed by atoms with E-state index >= 15 is 0 Å². The Bertz CT molecular complexity index is 1310. The summed E-state index contributed by atoms with van der Waals surface area (Å²) in [4.78, 5) is 29.0. The maximum atomic E-state index is 12.6. The molecule has 1 atom stereocenters. The third kappa shape index (κ3) is 3.69. The maximum absolute atomic E-state index is 12.6. The van der Waals surface area contributed by atoms with E-state index in [-0.39, 0.29) is 17.3 Å². The second kappa shape index (κ2) is 8.30. The van der Waals surface area contributed by atoms with Crippen LogP contribution >= 0.6 is 11.6 Å². The topological polar surface area (TPSA) is 73.8 Å². The van der Waals surface area contributed by atoms with Crippen molar-refractivity contribution in [3.8, 4) is 0 Å². The van der Waals surface area contributed by atoms with Crippen LogP contribution in [0.4, 0.5) is 0 Å². The van der Waals surface area contributed by atoms with Gasteiger partial charge in [-0.2, -0.15) is 0 Å². The van der Waals surface area contributed by atoms with Crippen molar-refractivity contribution in [2.75, 3.05) is 6.54 Å². The van der Waals surface area contributed by atoms with E-state index in [1.54, 1.807) is 17.9 Å². The van der Waals surface area contributed by atoms with Gasteiger partial charge in [-0.05, 0) is 23.3 Å². The van der Waals surface area contributed by atoms with Crippen molar-refractivity contribution in [1.82, 2.24) is 24.0 Å². The van der Waals surface area contributed by atoms with E-state index in [1.807, 2.05) is 42.5 Å². The molecule has 4 rings (SSSR count). The molecule has 0 fully saturated rings. The van der Waals surface area contributed by atoms with Crippen molar-refractivity contribution in [2.45, 2.75) is 12.6 Å². The molecule has 1 N–H and O–H groups in total. The molecule has 0 aliphatic carbocycles. The fourth-order valence-electron chi connectivity index (χ4n) is 3.66. The Balaban J connectivity index is 1.62. The lowest BCUT2D eigenvalue weighted by Crippen LogP contribution is -2.37. The first-order valence-corrected chi connectivity index (χ1v) is 10.00. The third-order valence-corrected chi connectivity index (χ3v) is 5.47. The molecule has 0 spiro atoms. The fraction of sp³-hybridized carbons (Fsp3) is 0.227. The number of imidazole rings is 1. The molecule has 0 bridgehead atoms. The van der Waals surface area contributed by atoms with Crippen LogP contribution in [0.25, 0.3) is 11.2 Å². The van der Waals surface area contributed by atoms with Crippen molar-refractivity contribution in [3.05, 3.63) is 97.9 Å². The molecule has 7 nitrogen and oxygen atoms in total. The van der Waals surface area contributed by atoms with Gasteiger partial charge in [0.15, 0.2) is 11.2 Å². The molecule has 2 heterocycles. The minimum atomic E-state index is -0.388. The molecular formula is C22H22ClN5O2. The predicted molar refractivity (Wildman–Crippen MR) is 118 cm³/mol. The molecule has 0 aliphatic heterocycles. The van der Waals surface area contributed by atoms with Gasteiger partial charge in [0.05, 0.1) is 12.4 Å². The Morgan fingerprint density at radius 3 is 2.47 bits per heavy atom. The van der Waals surface area contributed by atoms with E-state index in [2.05, 4.69) is 22.4 Å². The molecule has 0 saturated carbocycles. The quantitative estimate of drug-likeness (QED) is 0.517. The summed E-state index contributed by atoms with van der Waals surface area (Å²) >= 11 is 6.21. The van der Waals surface area contributed by atoms with Crippen molar-refractivity contribution in [2.24, 2.45) is 14.1 Å². The molecule has 154 valence electrons. The number of aryl methyl sites for hydroxylation is 1. The number of benzene rings is 2. The van der Waals surface area contributed by atoms with Crippen LogP contribution in [-0.2, 0) is 20.6 Å². The zero-order valence-electron chi connectivity index (χ0n) is 16.7. The largest absolute Gasteiger partial charge is 0.332 e. The highest BCUT2D eigenvalue weighted by atomic mass is 35.5. The van der Waals surface area contributed by atoms with Gasteiger partial charge < -0.3 is 9.88 Å². The summed E-state index contributed by atoms with van der Waals surface area (Å²) in [6, 6.07) is 17.8. The number of nitrogens with one attached hydrogen (secondary N) is 1. The van der Waals surface area contributed by atoms with E-state index in [9.17, 15) is 9.59 Å². The fourth-order valence-corrected chi connectivity index (χ4v) is 3.85. The monoisotopic (exact) mass is 423 g/mol. The van der Waals surface area contributed by atoms with Gasteiger partial charge in [0, 0.05) is 32.2 Å². The Morgan fingerprint density at radius 1 is 1.00 bits per heavy atom. The minimum absolute atomic E-state index is 0.0492. The summed E-state index contributed by atoms with van der Waals surface area (Å²) in [7, 11) is 3.09. The molecule has 0 saturated heterocycles. The van der Waals surface area contributed by atoms with Crippen LogP contribution in [0.3, 0.4) is 0 Å². The standard InChI is InChI=1S/C22H22ClN5O2/c1-26-20-19(21(29)27(2)22(26)30)28(14-25-20)12-11-24-18(15-7-4-3-5-8-15)16-9-6-10-17(23)13-16/h3-10,13-14,18,24H,11-12H2,1-2H3. The Hall–Kier alpha value is -3.16. The van der Waals surface area contributed by atoms with E-state index in [4.69, 9.17) is 11.6 Å². The summed E-state index contributed by atoms with van der Waals surface area (Å²) in [6.07, 6.45) is 1.60. The van der Waals surface area contributed by atoms with Crippen molar-refractivity contribution in [1.29, 1.82) is 0 Å². The van der Waals surface area contributed by atoms with Crippen LogP contribution in [0.1, 0.15) is 17.2 Å². The van der Waals surface area contributed by atoms with E-state index < -0.39 is 0 Å². The number of rotatable bonds is 6. The number of hydrogen-bond acceptors (Lipinski definition) is 4. The van der Waals surface area contributed by atoms with Crippen LogP contribution < -0.4 is 16.6 Å². The maximum Gasteiger partial charge on any atom is 0.332 e. The highest BCUT2D eigenvalue weighted by molar-refractivity contribution is 6.30. The van der Waals surface area contributed by atoms with Gasteiger partial charge in [-0.3, -0.25) is 13.9 Å². The van der Waals surface area contributed by atoms with Crippen LogP contribution in [0.2, 0.25) is 5.02 Å². The smallest absolute Gasteiger partial charge is 0.323 e. The number of aromatic nitrogens is 4. The van der Waals surface area contributed by atoms with Crippen LogP contribution in [-0.4, -0.2) is 25.2 Å². The Labute approximate surface area is 178 Å². The molecular weight excluding hydrogens is 402 g/mol. The predicted octanol–water partition coefficient (Wildman–Crippen LogP) is 2.47. The van der Waals surface area contributed by atoms with Gasteiger partial charge in [-0.15, -0.1) is 0 Å². The molecule has 0 aliphatic rings. The summed E-state index contributed by atoms with van der Waals surface area (Å²) in [5.74, 6) is 0. The first-order chi connectivity index (χ1) is 14.5. The van der Waals surface area contributed by atoms with Gasteiger partial charge in [-0.1, -0.05) is 54.1 Å². The Morgan fingerprint density at radius 2 is 1.73 bits per heavy atom. The second-order valence-corrected chi connectivity index (χ2v) is 7.61. The van der Waals surface area contributed by atoms with Gasteiger partial charge in [-0.25, -0.2) is 9.78 Å².